The molecular weight excluding hydrogens is 260 g/mol. The second-order valence-electron chi connectivity index (χ2n) is 5.98. The van der Waals surface area contributed by atoms with Gasteiger partial charge < -0.3 is 15.0 Å². The van der Waals surface area contributed by atoms with Crippen molar-refractivity contribution in [3.05, 3.63) is 29.3 Å². The Morgan fingerprint density at radius 3 is 2.90 bits per heavy atom. The summed E-state index contributed by atoms with van der Waals surface area (Å²) in [6, 6.07) is 6.85. The van der Waals surface area contributed by atoms with Crippen molar-refractivity contribution in [2.75, 3.05) is 31.1 Å². The summed E-state index contributed by atoms with van der Waals surface area (Å²) in [6.07, 6.45) is 3.94. The zero-order valence-electron chi connectivity index (χ0n) is 13.8. The zero-order chi connectivity index (χ0) is 15.1. The van der Waals surface area contributed by atoms with Gasteiger partial charge in [-0.3, -0.25) is 0 Å². The van der Waals surface area contributed by atoms with Crippen LogP contribution in [0, 0.1) is 6.92 Å². The van der Waals surface area contributed by atoms with Gasteiger partial charge >= 0.3 is 0 Å². The molecule has 1 heterocycles. The van der Waals surface area contributed by atoms with E-state index in [1.54, 1.807) is 0 Å². The lowest BCUT2D eigenvalue weighted by molar-refractivity contribution is 0.0440. The van der Waals surface area contributed by atoms with Gasteiger partial charge in [-0.25, -0.2) is 0 Å². The third-order valence-electron chi connectivity index (χ3n) is 4.12. The van der Waals surface area contributed by atoms with Crippen LogP contribution in [0.2, 0.25) is 0 Å². The molecule has 3 nitrogen and oxygen atoms in total. The van der Waals surface area contributed by atoms with E-state index < -0.39 is 0 Å². The number of aryl methyl sites for hydroxylation is 1. The number of anilines is 1. The second kappa shape index (κ2) is 8.40. The van der Waals surface area contributed by atoms with Crippen LogP contribution in [-0.4, -0.2) is 32.3 Å². The maximum atomic E-state index is 5.95. The van der Waals surface area contributed by atoms with Crippen molar-refractivity contribution in [3.8, 4) is 0 Å². The molecule has 1 aromatic rings. The van der Waals surface area contributed by atoms with Gasteiger partial charge in [-0.05, 0) is 49.9 Å². The van der Waals surface area contributed by atoms with Crippen molar-refractivity contribution in [2.24, 2.45) is 0 Å². The summed E-state index contributed by atoms with van der Waals surface area (Å²) in [5, 5.41) is 3.39. The molecule has 1 saturated heterocycles. The van der Waals surface area contributed by atoms with Gasteiger partial charge in [0.15, 0.2) is 0 Å². The molecule has 1 unspecified atom stereocenters. The Hall–Kier alpha value is -1.06. The first kappa shape index (κ1) is 16.3. The smallest absolute Gasteiger partial charge is 0.0750 e. The number of benzene rings is 1. The summed E-state index contributed by atoms with van der Waals surface area (Å²) in [4.78, 5) is 2.50. The minimum Gasteiger partial charge on any atom is -0.376 e. The molecule has 2 rings (SSSR count). The number of nitrogens with one attached hydrogen (secondary N) is 1. The van der Waals surface area contributed by atoms with Crippen LogP contribution >= 0.6 is 0 Å². The van der Waals surface area contributed by atoms with Crippen LogP contribution in [0.25, 0.3) is 0 Å². The molecule has 21 heavy (non-hydrogen) atoms. The maximum absolute atomic E-state index is 5.95. The lowest BCUT2D eigenvalue weighted by Crippen LogP contribution is -2.40. The monoisotopic (exact) mass is 290 g/mol. The van der Waals surface area contributed by atoms with Crippen LogP contribution in [0.3, 0.4) is 0 Å². The second-order valence-corrected chi connectivity index (χ2v) is 5.98. The Labute approximate surface area is 129 Å². The molecule has 0 aliphatic carbocycles. The Bertz CT molecular complexity index is 433. The standard InChI is InChI=1S/C18H30N2O/c1-4-11-21-17-7-6-10-20(14-17)18-9-8-16(12-15(18)3)13-19-5-2/h8-9,12,17,19H,4-7,10-11,13-14H2,1-3H3. The first-order valence-corrected chi connectivity index (χ1v) is 8.41. The molecule has 0 spiro atoms. The summed E-state index contributed by atoms with van der Waals surface area (Å²) in [5.74, 6) is 0. The van der Waals surface area contributed by atoms with Crippen molar-refractivity contribution >= 4 is 5.69 Å². The van der Waals surface area contributed by atoms with Crippen LogP contribution < -0.4 is 10.2 Å². The van der Waals surface area contributed by atoms with E-state index in [0.717, 1.165) is 39.2 Å². The van der Waals surface area contributed by atoms with Gasteiger partial charge in [0.25, 0.3) is 0 Å². The predicted molar refractivity (Wildman–Crippen MR) is 90.0 cm³/mol. The van der Waals surface area contributed by atoms with Gasteiger partial charge in [0.2, 0.25) is 0 Å². The minimum atomic E-state index is 0.402. The van der Waals surface area contributed by atoms with Crippen LogP contribution in [0.5, 0.6) is 0 Å². The molecule has 1 atom stereocenters. The van der Waals surface area contributed by atoms with Gasteiger partial charge in [-0.1, -0.05) is 26.0 Å². The number of nitrogens with zero attached hydrogens (tertiary/aromatic N) is 1. The number of hydrogen-bond acceptors (Lipinski definition) is 3. The molecular formula is C18H30N2O. The van der Waals surface area contributed by atoms with E-state index in [9.17, 15) is 0 Å². The van der Waals surface area contributed by atoms with Gasteiger partial charge in [0, 0.05) is 31.9 Å². The summed E-state index contributed by atoms with van der Waals surface area (Å²) < 4.78 is 5.95. The highest BCUT2D eigenvalue weighted by Crippen LogP contribution is 2.25. The van der Waals surface area contributed by atoms with E-state index >= 15 is 0 Å². The van der Waals surface area contributed by atoms with E-state index in [0.29, 0.717) is 6.10 Å². The van der Waals surface area contributed by atoms with Crippen LogP contribution in [0.1, 0.15) is 44.2 Å². The first-order valence-electron chi connectivity index (χ1n) is 8.41. The van der Waals surface area contributed by atoms with Gasteiger partial charge in [-0.2, -0.15) is 0 Å². The predicted octanol–water partition coefficient (Wildman–Crippen LogP) is 3.50. The molecule has 0 saturated carbocycles. The van der Waals surface area contributed by atoms with E-state index in [4.69, 9.17) is 4.74 Å². The van der Waals surface area contributed by atoms with Gasteiger partial charge in [0.05, 0.1) is 6.10 Å². The average molecular weight is 290 g/mol. The fourth-order valence-electron chi connectivity index (χ4n) is 3.03. The van der Waals surface area contributed by atoms with Crippen molar-refractivity contribution in [2.45, 2.75) is 52.7 Å². The number of hydrogen-bond donors (Lipinski definition) is 1. The summed E-state index contributed by atoms with van der Waals surface area (Å²) in [5.41, 5.74) is 4.12. The zero-order valence-corrected chi connectivity index (χ0v) is 13.8. The molecule has 3 heteroatoms. The Kier molecular flexibility index (Phi) is 6.52. The molecule has 1 N–H and O–H groups in total. The van der Waals surface area contributed by atoms with E-state index in [2.05, 4.69) is 49.2 Å². The Balaban J connectivity index is 2.00. The van der Waals surface area contributed by atoms with Crippen molar-refractivity contribution in [1.29, 1.82) is 0 Å². The normalized spacial score (nSPS) is 19.0. The van der Waals surface area contributed by atoms with E-state index in [1.807, 2.05) is 0 Å². The highest BCUT2D eigenvalue weighted by molar-refractivity contribution is 5.55. The fraction of sp³-hybridized carbons (Fsp3) is 0.667. The molecule has 0 aromatic heterocycles. The quantitative estimate of drug-likeness (QED) is 0.832. The number of rotatable bonds is 7. The molecule has 0 amide bonds. The number of ether oxygens (including phenoxy) is 1. The van der Waals surface area contributed by atoms with Crippen molar-refractivity contribution in [3.63, 3.8) is 0 Å². The third kappa shape index (κ3) is 4.72. The lowest BCUT2D eigenvalue weighted by atomic mass is 10.0. The van der Waals surface area contributed by atoms with Crippen LogP contribution in [0.4, 0.5) is 5.69 Å². The summed E-state index contributed by atoms with van der Waals surface area (Å²) in [7, 11) is 0. The number of piperidine rings is 1. The molecule has 1 aliphatic rings. The van der Waals surface area contributed by atoms with E-state index in [-0.39, 0.29) is 0 Å². The minimum absolute atomic E-state index is 0.402. The molecule has 1 aliphatic heterocycles. The first-order chi connectivity index (χ1) is 10.2. The highest BCUT2D eigenvalue weighted by Gasteiger charge is 2.21. The topological polar surface area (TPSA) is 24.5 Å². The van der Waals surface area contributed by atoms with Crippen LogP contribution in [-0.2, 0) is 11.3 Å². The fourth-order valence-corrected chi connectivity index (χ4v) is 3.03. The van der Waals surface area contributed by atoms with Crippen molar-refractivity contribution in [1.82, 2.24) is 5.32 Å². The Morgan fingerprint density at radius 2 is 2.19 bits per heavy atom. The SMILES string of the molecule is CCCOC1CCCN(c2ccc(CNCC)cc2C)C1. The molecule has 1 fully saturated rings. The summed E-state index contributed by atoms with van der Waals surface area (Å²) >= 11 is 0. The summed E-state index contributed by atoms with van der Waals surface area (Å²) in [6.45, 7) is 11.6. The molecule has 0 radical (unpaired) electrons. The lowest BCUT2D eigenvalue weighted by Gasteiger charge is -2.35. The largest absolute Gasteiger partial charge is 0.376 e. The van der Waals surface area contributed by atoms with E-state index in [1.165, 1.54) is 29.7 Å². The Morgan fingerprint density at radius 1 is 1.33 bits per heavy atom. The third-order valence-corrected chi connectivity index (χ3v) is 4.12. The van der Waals surface area contributed by atoms with Gasteiger partial charge in [-0.15, -0.1) is 0 Å². The van der Waals surface area contributed by atoms with Gasteiger partial charge in [0.1, 0.15) is 0 Å². The van der Waals surface area contributed by atoms with Crippen molar-refractivity contribution < 1.29 is 4.74 Å². The average Bonchev–Trinajstić information content (AvgIpc) is 2.51. The molecule has 1 aromatic carbocycles. The highest BCUT2D eigenvalue weighted by atomic mass is 16.5. The molecule has 118 valence electrons. The van der Waals surface area contributed by atoms with Crippen LogP contribution in [0.15, 0.2) is 18.2 Å². The molecule has 0 bridgehead atoms. The maximum Gasteiger partial charge on any atom is 0.0750 e.